The van der Waals surface area contributed by atoms with Gasteiger partial charge in [-0.2, -0.15) is 0 Å². The zero-order valence-electron chi connectivity index (χ0n) is 26.2. The van der Waals surface area contributed by atoms with Crippen molar-refractivity contribution < 1.29 is 14.7 Å². The average molecular weight is 548 g/mol. The lowest BCUT2D eigenvalue weighted by molar-refractivity contribution is -0.660. The van der Waals surface area contributed by atoms with Gasteiger partial charge in [-0.3, -0.25) is 0 Å². The fourth-order valence-corrected chi connectivity index (χ4v) is 7.63. The molecular weight excluding hydrogens is 505 g/mol. The fraction of sp³-hybridized carbons (Fsp3) is 0.395. The minimum Gasteiger partial charge on any atom is -0.454 e. The van der Waals surface area contributed by atoms with Crippen LogP contribution in [0.2, 0.25) is 0 Å². The van der Waals surface area contributed by atoms with Crippen LogP contribution in [0, 0.1) is 12.7 Å². The first-order valence-corrected chi connectivity index (χ1v) is 15.2. The Morgan fingerprint density at radius 2 is 1.56 bits per heavy atom. The Morgan fingerprint density at radius 3 is 2.29 bits per heavy atom. The highest BCUT2D eigenvalue weighted by atomic mass is 19.1. The fourth-order valence-electron chi connectivity index (χ4n) is 7.63. The Hall–Kier alpha value is -3.46. The summed E-state index contributed by atoms with van der Waals surface area (Å²) in [6.07, 6.45) is 8.04. The maximum absolute atomic E-state index is 16.2. The summed E-state index contributed by atoms with van der Waals surface area (Å²) < 4.78 is 34.7. The van der Waals surface area contributed by atoms with Gasteiger partial charge >= 0.3 is 0 Å². The average Bonchev–Trinajstić information content (AvgIpc) is 3.55. The van der Waals surface area contributed by atoms with Gasteiger partial charge in [0.05, 0.1) is 11.1 Å². The van der Waals surface area contributed by atoms with Crippen LogP contribution in [0.4, 0.5) is 4.39 Å². The van der Waals surface area contributed by atoms with E-state index in [4.69, 9.17) is 4.42 Å². The lowest BCUT2D eigenvalue weighted by Crippen LogP contribution is -2.35. The van der Waals surface area contributed by atoms with Gasteiger partial charge in [0.15, 0.2) is 6.20 Å². The van der Waals surface area contributed by atoms with Gasteiger partial charge in [-0.05, 0) is 95.3 Å². The number of pyridine rings is 1. The van der Waals surface area contributed by atoms with Crippen LogP contribution in [0.25, 0.3) is 44.3 Å². The highest BCUT2D eigenvalue weighted by Crippen LogP contribution is 2.52. The topological polar surface area (TPSA) is 17.0 Å². The summed E-state index contributed by atoms with van der Waals surface area (Å²) in [5.74, 6) is -0.927. The van der Waals surface area contributed by atoms with Gasteiger partial charge in [0.2, 0.25) is 5.69 Å². The van der Waals surface area contributed by atoms with E-state index in [-0.39, 0.29) is 16.6 Å². The summed E-state index contributed by atoms with van der Waals surface area (Å²) in [7, 11) is 2.04. The molecule has 0 bridgehead atoms. The number of aryl methyl sites for hydroxylation is 2. The van der Waals surface area contributed by atoms with E-state index in [0.29, 0.717) is 11.1 Å². The Kier molecular flexibility index (Phi) is 5.72. The second kappa shape index (κ2) is 9.28. The van der Waals surface area contributed by atoms with Gasteiger partial charge in [-0.1, -0.05) is 64.8 Å². The van der Waals surface area contributed by atoms with E-state index in [1.54, 1.807) is 6.07 Å². The molecule has 7 rings (SSSR count). The molecule has 3 aromatic carbocycles. The predicted molar refractivity (Wildman–Crippen MR) is 167 cm³/mol. The third kappa shape index (κ3) is 4.07. The number of nitrogens with zero attached hydrogens (tertiary/aromatic N) is 1. The number of hydrogen-bond acceptors (Lipinski definition) is 1. The second-order valence-electron chi connectivity index (χ2n) is 13.8. The van der Waals surface area contributed by atoms with Gasteiger partial charge in [-0.25, -0.2) is 8.96 Å². The maximum atomic E-state index is 16.2. The first-order chi connectivity index (χ1) is 19.9. The van der Waals surface area contributed by atoms with Crippen molar-refractivity contribution in [3.8, 4) is 22.4 Å². The van der Waals surface area contributed by atoms with Crippen LogP contribution in [-0.4, -0.2) is 0 Å². The van der Waals surface area contributed by atoms with Crippen molar-refractivity contribution in [2.75, 3.05) is 0 Å². The normalized spacial score (nSPS) is 19.4. The van der Waals surface area contributed by atoms with Gasteiger partial charge in [0, 0.05) is 24.3 Å². The molecule has 2 nitrogen and oxygen atoms in total. The molecule has 0 N–H and O–H groups in total. The Morgan fingerprint density at radius 1 is 0.878 bits per heavy atom. The van der Waals surface area contributed by atoms with Crippen LogP contribution >= 0.6 is 0 Å². The first-order valence-electron chi connectivity index (χ1n) is 15.7. The molecule has 41 heavy (non-hydrogen) atoms. The molecular formula is C38H41FNO+. The lowest BCUT2D eigenvalue weighted by atomic mass is 9.60. The number of halogens is 1. The van der Waals surface area contributed by atoms with Crippen LogP contribution in [-0.2, 0) is 17.9 Å². The van der Waals surface area contributed by atoms with E-state index in [1.165, 1.54) is 11.1 Å². The van der Waals surface area contributed by atoms with Crippen molar-refractivity contribution in [2.45, 2.75) is 89.9 Å². The minimum absolute atomic E-state index is 0.0308. The maximum Gasteiger partial charge on any atom is 0.216 e. The summed E-state index contributed by atoms with van der Waals surface area (Å²) in [5, 5.41) is 1.91. The number of furan rings is 1. The quantitative estimate of drug-likeness (QED) is 0.205. The first kappa shape index (κ1) is 25.3. The van der Waals surface area contributed by atoms with Crippen molar-refractivity contribution in [2.24, 2.45) is 7.05 Å². The van der Waals surface area contributed by atoms with Crippen molar-refractivity contribution >= 4 is 21.9 Å². The van der Waals surface area contributed by atoms with E-state index in [1.807, 2.05) is 31.4 Å². The number of rotatable bonds is 3. The Labute approximate surface area is 244 Å². The molecule has 0 amide bonds. The zero-order valence-corrected chi connectivity index (χ0v) is 25.2. The van der Waals surface area contributed by atoms with E-state index in [9.17, 15) is 1.37 Å². The third-order valence-corrected chi connectivity index (χ3v) is 10.1. The standard InChI is InChI=1S/C38H41FNO/c1-23-14-15-26-27-16-17-30(39)33(36(27)41-35(26)32(23)31-13-9-10-20-40(31)6)25-21-28(24-11-7-8-12-24)34-29(22-25)37(2,3)18-19-38(34,4)5/h9-10,13-17,20-22,24H,7-8,11-12,18-19H2,1-6H3/q+1/i24D. The number of benzene rings is 3. The van der Waals surface area contributed by atoms with Gasteiger partial charge in [0.1, 0.15) is 24.0 Å². The number of aromatic nitrogens is 1. The molecule has 0 unspecified atom stereocenters. The molecule has 0 aliphatic heterocycles. The monoisotopic (exact) mass is 547 g/mol. The molecule has 0 radical (unpaired) electrons. The van der Waals surface area contributed by atoms with E-state index < -0.39 is 5.89 Å². The van der Waals surface area contributed by atoms with Crippen molar-refractivity contribution in [3.63, 3.8) is 0 Å². The molecule has 2 heterocycles. The van der Waals surface area contributed by atoms with Crippen LogP contribution in [0.3, 0.4) is 0 Å². The summed E-state index contributed by atoms with van der Waals surface area (Å²) >= 11 is 0. The molecule has 5 aromatic rings. The molecule has 1 fully saturated rings. The summed E-state index contributed by atoms with van der Waals surface area (Å²) in [4.78, 5) is 0. The molecule has 2 aliphatic carbocycles. The molecule has 0 atom stereocenters. The van der Waals surface area contributed by atoms with Gasteiger partial charge in [0.25, 0.3) is 0 Å². The summed E-state index contributed by atoms with van der Waals surface area (Å²) in [6, 6.07) is 18.2. The molecule has 3 heteroatoms. The van der Waals surface area contributed by atoms with Gasteiger partial charge in [-0.15, -0.1) is 0 Å². The van der Waals surface area contributed by atoms with E-state index >= 15 is 4.39 Å². The van der Waals surface area contributed by atoms with Crippen LogP contribution in [0.5, 0.6) is 0 Å². The molecule has 1 saturated carbocycles. The number of fused-ring (bicyclic) bond motifs is 4. The van der Waals surface area contributed by atoms with Crippen LogP contribution < -0.4 is 4.57 Å². The molecule has 210 valence electrons. The smallest absolute Gasteiger partial charge is 0.216 e. The largest absolute Gasteiger partial charge is 0.454 e. The molecule has 0 spiro atoms. The molecule has 0 saturated heterocycles. The Balaban J connectivity index is 1.56. The number of hydrogen-bond donors (Lipinski definition) is 0. The van der Waals surface area contributed by atoms with E-state index in [0.717, 1.165) is 82.8 Å². The summed E-state index contributed by atoms with van der Waals surface area (Å²) in [5.41, 5.74) is 9.51. The third-order valence-electron chi connectivity index (χ3n) is 10.1. The van der Waals surface area contributed by atoms with Gasteiger partial charge < -0.3 is 4.42 Å². The minimum atomic E-state index is -0.643. The van der Waals surface area contributed by atoms with E-state index in [2.05, 4.69) is 69.5 Å². The highest BCUT2D eigenvalue weighted by molar-refractivity contribution is 6.13. The summed E-state index contributed by atoms with van der Waals surface area (Å²) in [6.45, 7) is 11.4. The lowest BCUT2D eigenvalue weighted by Gasteiger charge is -2.44. The van der Waals surface area contributed by atoms with Crippen LogP contribution in [0.15, 0.2) is 65.2 Å². The Bertz CT molecular complexity index is 1890. The zero-order chi connectivity index (χ0) is 29.6. The predicted octanol–water partition coefficient (Wildman–Crippen LogP) is 10.2. The molecule has 2 aromatic heterocycles. The highest BCUT2D eigenvalue weighted by Gasteiger charge is 2.41. The van der Waals surface area contributed by atoms with Crippen molar-refractivity contribution in [1.29, 1.82) is 0 Å². The SMILES string of the molecule is [2H]C1(c2cc(-c3c(F)ccc4c3oc3c(-c5cccc[n+]5C)c(C)ccc34)cc3c2C(C)(C)CCC3(C)C)CCCC1. The molecule has 2 aliphatic rings. The van der Waals surface area contributed by atoms with Crippen molar-refractivity contribution in [1.82, 2.24) is 0 Å². The van der Waals surface area contributed by atoms with Crippen molar-refractivity contribution in [3.05, 3.63) is 88.9 Å². The second-order valence-corrected chi connectivity index (χ2v) is 13.8. The van der Waals surface area contributed by atoms with Crippen LogP contribution in [0.1, 0.15) is 95.7 Å².